The quantitative estimate of drug-likeness (QED) is 0.645. The summed E-state index contributed by atoms with van der Waals surface area (Å²) in [6.07, 6.45) is 0. The largest absolute Gasteiger partial charge is 0.0876 e. The van der Waals surface area contributed by atoms with E-state index in [0.717, 1.165) is 16.1 Å². The number of alkyl halides is 1. The van der Waals surface area contributed by atoms with Crippen molar-refractivity contribution in [2.45, 2.75) is 5.33 Å². The van der Waals surface area contributed by atoms with Gasteiger partial charge in [-0.3, -0.25) is 0 Å². The maximum absolute atomic E-state index is 5.94. The van der Waals surface area contributed by atoms with E-state index >= 15 is 0 Å². The van der Waals surface area contributed by atoms with Gasteiger partial charge in [-0.05, 0) is 28.5 Å². The van der Waals surface area contributed by atoms with Crippen molar-refractivity contribution in [3.05, 3.63) is 45.9 Å². The van der Waals surface area contributed by atoms with Gasteiger partial charge in [0.25, 0.3) is 0 Å². The van der Waals surface area contributed by atoms with Crippen LogP contribution in [0.2, 0.25) is 10.0 Å². The van der Waals surface area contributed by atoms with Crippen LogP contribution >= 0.6 is 39.1 Å². The third kappa shape index (κ3) is 1.90. The second kappa shape index (κ2) is 4.09. The van der Waals surface area contributed by atoms with Gasteiger partial charge in [0.1, 0.15) is 0 Å². The number of halogens is 3. The summed E-state index contributed by atoms with van der Waals surface area (Å²) in [5, 5.41) is 4.29. The summed E-state index contributed by atoms with van der Waals surface area (Å²) >= 11 is 15.3. The van der Waals surface area contributed by atoms with Crippen molar-refractivity contribution in [1.29, 1.82) is 0 Å². The highest BCUT2D eigenvalue weighted by Gasteiger charge is 2.01. The zero-order valence-corrected chi connectivity index (χ0v) is 10.3. The summed E-state index contributed by atoms with van der Waals surface area (Å²) in [7, 11) is 0. The molecule has 0 unspecified atom stereocenters. The fourth-order valence-electron chi connectivity index (χ4n) is 1.37. The SMILES string of the molecule is Clc1cc2ccc(CBr)cc2cc1Cl. The topological polar surface area (TPSA) is 0 Å². The van der Waals surface area contributed by atoms with E-state index in [0.29, 0.717) is 10.0 Å². The van der Waals surface area contributed by atoms with Crippen molar-refractivity contribution in [2.75, 3.05) is 0 Å². The highest BCUT2D eigenvalue weighted by molar-refractivity contribution is 9.08. The lowest BCUT2D eigenvalue weighted by molar-refractivity contribution is 1.47. The van der Waals surface area contributed by atoms with Crippen LogP contribution in [0.3, 0.4) is 0 Å². The minimum absolute atomic E-state index is 0.603. The predicted octanol–water partition coefficient (Wildman–Crippen LogP) is 5.04. The summed E-state index contributed by atoms with van der Waals surface area (Å²) in [5.41, 5.74) is 1.23. The molecule has 0 aliphatic carbocycles. The Labute approximate surface area is 101 Å². The lowest BCUT2D eigenvalue weighted by Crippen LogP contribution is -1.79. The lowest BCUT2D eigenvalue weighted by Gasteiger charge is -2.02. The van der Waals surface area contributed by atoms with Gasteiger partial charge in [0.2, 0.25) is 0 Å². The molecule has 0 amide bonds. The van der Waals surface area contributed by atoms with E-state index in [9.17, 15) is 0 Å². The van der Waals surface area contributed by atoms with Gasteiger partial charge in [0.15, 0.2) is 0 Å². The van der Waals surface area contributed by atoms with Gasteiger partial charge in [0.05, 0.1) is 10.0 Å². The smallest absolute Gasteiger partial charge is 0.0598 e. The van der Waals surface area contributed by atoms with Gasteiger partial charge >= 0.3 is 0 Å². The van der Waals surface area contributed by atoms with Gasteiger partial charge in [-0.1, -0.05) is 57.3 Å². The zero-order valence-electron chi connectivity index (χ0n) is 7.23. The van der Waals surface area contributed by atoms with Crippen molar-refractivity contribution in [3.63, 3.8) is 0 Å². The lowest BCUT2D eigenvalue weighted by atomic mass is 10.1. The molecule has 0 radical (unpaired) electrons. The number of hydrogen-bond donors (Lipinski definition) is 0. The molecule has 0 N–H and O–H groups in total. The normalized spacial score (nSPS) is 10.8. The summed E-state index contributed by atoms with van der Waals surface area (Å²) < 4.78 is 0. The molecule has 14 heavy (non-hydrogen) atoms. The Kier molecular flexibility index (Phi) is 3.01. The Morgan fingerprint density at radius 2 is 1.57 bits per heavy atom. The zero-order chi connectivity index (χ0) is 10.1. The Morgan fingerprint density at radius 1 is 0.929 bits per heavy atom. The number of hydrogen-bond acceptors (Lipinski definition) is 0. The molecule has 3 heteroatoms. The number of rotatable bonds is 1. The Balaban J connectivity index is 2.70. The maximum Gasteiger partial charge on any atom is 0.0598 e. The Bertz CT molecular complexity index is 480. The molecule has 0 bridgehead atoms. The molecule has 0 fully saturated rings. The summed E-state index contributed by atoms with van der Waals surface area (Å²) in [6, 6.07) is 10.0. The first kappa shape index (κ1) is 10.3. The molecule has 72 valence electrons. The van der Waals surface area contributed by atoms with Crippen molar-refractivity contribution < 1.29 is 0 Å². The molecule has 2 aromatic carbocycles. The van der Waals surface area contributed by atoms with Crippen LogP contribution < -0.4 is 0 Å². The first-order valence-electron chi connectivity index (χ1n) is 4.14. The van der Waals surface area contributed by atoms with Crippen LogP contribution in [0.15, 0.2) is 30.3 Å². The average molecular weight is 290 g/mol. The van der Waals surface area contributed by atoms with Gasteiger partial charge in [-0.15, -0.1) is 0 Å². The molecule has 0 saturated carbocycles. The van der Waals surface area contributed by atoms with E-state index in [1.54, 1.807) is 0 Å². The van der Waals surface area contributed by atoms with Gasteiger partial charge in [-0.2, -0.15) is 0 Å². The Hall–Kier alpha value is -0.240. The highest BCUT2D eigenvalue weighted by atomic mass is 79.9. The molecular weight excluding hydrogens is 283 g/mol. The predicted molar refractivity (Wildman–Crippen MR) is 66.6 cm³/mol. The second-order valence-electron chi connectivity index (χ2n) is 3.08. The van der Waals surface area contributed by atoms with Crippen molar-refractivity contribution in [3.8, 4) is 0 Å². The minimum Gasteiger partial charge on any atom is -0.0876 e. The van der Waals surface area contributed by atoms with E-state index in [-0.39, 0.29) is 0 Å². The highest BCUT2D eigenvalue weighted by Crippen LogP contribution is 2.28. The molecule has 0 aliphatic rings. The minimum atomic E-state index is 0.603. The first-order chi connectivity index (χ1) is 6.70. The van der Waals surface area contributed by atoms with Crippen LogP contribution in [0.4, 0.5) is 0 Å². The van der Waals surface area contributed by atoms with Crippen LogP contribution in [0.25, 0.3) is 10.8 Å². The molecule has 2 rings (SSSR count). The van der Waals surface area contributed by atoms with E-state index in [1.165, 1.54) is 5.56 Å². The Morgan fingerprint density at radius 3 is 2.21 bits per heavy atom. The van der Waals surface area contributed by atoms with E-state index in [4.69, 9.17) is 23.2 Å². The van der Waals surface area contributed by atoms with Crippen LogP contribution in [-0.4, -0.2) is 0 Å². The molecule has 0 atom stereocenters. The van der Waals surface area contributed by atoms with Crippen LogP contribution in [-0.2, 0) is 5.33 Å². The van der Waals surface area contributed by atoms with Gasteiger partial charge in [0, 0.05) is 5.33 Å². The maximum atomic E-state index is 5.94. The van der Waals surface area contributed by atoms with Crippen molar-refractivity contribution in [1.82, 2.24) is 0 Å². The molecule has 0 aromatic heterocycles. The van der Waals surface area contributed by atoms with Crippen molar-refractivity contribution >= 4 is 49.9 Å². The van der Waals surface area contributed by atoms with Gasteiger partial charge < -0.3 is 0 Å². The molecular formula is C11H7BrCl2. The van der Waals surface area contributed by atoms with Crippen LogP contribution in [0.5, 0.6) is 0 Å². The van der Waals surface area contributed by atoms with Crippen LogP contribution in [0.1, 0.15) is 5.56 Å². The third-order valence-corrected chi connectivity index (χ3v) is 3.47. The van der Waals surface area contributed by atoms with E-state index in [2.05, 4.69) is 28.1 Å². The summed E-state index contributed by atoms with van der Waals surface area (Å²) in [4.78, 5) is 0. The molecule has 0 aliphatic heterocycles. The summed E-state index contributed by atoms with van der Waals surface area (Å²) in [6.45, 7) is 0. The molecule has 0 saturated heterocycles. The third-order valence-electron chi connectivity index (χ3n) is 2.10. The molecule has 0 spiro atoms. The fraction of sp³-hybridized carbons (Fsp3) is 0.0909. The number of benzene rings is 2. The molecule has 0 heterocycles. The molecule has 2 aromatic rings. The van der Waals surface area contributed by atoms with Crippen molar-refractivity contribution in [2.24, 2.45) is 0 Å². The number of fused-ring (bicyclic) bond motifs is 1. The summed E-state index contributed by atoms with van der Waals surface area (Å²) in [5.74, 6) is 0. The van der Waals surface area contributed by atoms with E-state index in [1.807, 2.05) is 18.2 Å². The second-order valence-corrected chi connectivity index (χ2v) is 4.46. The monoisotopic (exact) mass is 288 g/mol. The van der Waals surface area contributed by atoms with Crippen LogP contribution in [0, 0.1) is 0 Å². The van der Waals surface area contributed by atoms with Gasteiger partial charge in [-0.25, -0.2) is 0 Å². The standard InChI is InChI=1S/C11H7BrCl2/c12-6-7-1-2-8-4-10(13)11(14)5-9(8)3-7/h1-5H,6H2. The average Bonchev–Trinajstić information content (AvgIpc) is 2.19. The first-order valence-corrected chi connectivity index (χ1v) is 6.02. The van der Waals surface area contributed by atoms with E-state index < -0.39 is 0 Å². The molecule has 0 nitrogen and oxygen atoms in total. The fourth-order valence-corrected chi connectivity index (χ4v) is 2.07.